The van der Waals surface area contributed by atoms with Gasteiger partial charge < -0.3 is 14.2 Å². The van der Waals surface area contributed by atoms with E-state index in [4.69, 9.17) is 14.2 Å². The van der Waals surface area contributed by atoms with Crippen molar-refractivity contribution in [3.8, 4) is 11.8 Å². The second-order valence-electron chi connectivity index (χ2n) is 5.60. The Balaban J connectivity index is 2.20. The first kappa shape index (κ1) is 20.7. The van der Waals surface area contributed by atoms with Crippen LogP contribution in [-0.2, 0) is 21.8 Å². The molecule has 0 aromatic carbocycles. The largest absolute Gasteiger partial charge is 0.481 e. The highest BCUT2D eigenvalue weighted by atomic mass is 32.2. The third kappa shape index (κ3) is 3.80. The highest BCUT2D eigenvalue weighted by molar-refractivity contribution is 7.90. The van der Waals surface area contributed by atoms with Crippen molar-refractivity contribution in [1.29, 1.82) is 0 Å². The van der Waals surface area contributed by atoms with E-state index in [-0.39, 0.29) is 39.3 Å². The number of carbonyl (C=O) groups excluding carboxylic acids is 1. The van der Waals surface area contributed by atoms with Gasteiger partial charge in [0, 0.05) is 7.05 Å². The molecule has 3 aromatic rings. The van der Waals surface area contributed by atoms with Gasteiger partial charge in [-0.15, -0.1) is 4.40 Å². The molecule has 12 nitrogen and oxygen atoms in total. The minimum absolute atomic E-state index is 0.0889. The molecule has 0 fully saturated rings. The maximum Gasteiger partial charge on any atom is 0.343 e. The molecule has 0 atom stereocenters. The SMILES string of the molecule is CCOC(=O)c1c(C)nn(C)c1S(=O)(=O)/N=c1\nc2nc(OC)cc(OC)n2s1. The van der Waals surface area contributed by atoms with Crippen molar-refractivity contribution in [2.75, 3.05) is 20.8 Å². The number of esters is 1. The molecule has 0 saturated heterocycles. The number of carbonyl (C=O) groups is 1. The lowest BCUT2D eigenvalue weighted by Gasteiger charge is -2.04. The number of aromatic nitrogens is 5. The predicted molar refractivity (Wildman–Crippen MR) is 101 cm³/mol. The van der Waals surface area contributed by atoms with E-state index in [0.717, 1.165) is 16.2 Å². The molecule has 0 radical (unpaired) electrons. The zero-order chi connectivity index (χ0) is 21.3. The highest BCUT2D eigenvalue weighted by Gasteiger charge is 2.31. The quantitative estimate of drug-likeness (QED) is 0.494. The fraction of sp³-hybridized carbons (Fsp3) is 0.400. The van der Waals surface area contributed by atoms with Crippen LogP contribution in [0.25, 0.3) is 5.78 Å². The molecule has 14 heteroatoms. The smallest absolute Gasteiger partial charge is 0.343 e. The van der Waals surface area contributed by atoms with Crippen LogP contribution >= 0.6 is 11.5 Å². The summed E-state index contributed by atoms with van der Waals surface area (Å²) < 4.78 is 47.5. The second-order valence-corrected chi connectivity index (χ2v) is 8.03. The van der Waals surface area contributed by atoms with Crippen molar-refractivity contribution in [3.63, 3.8) is 0 Å². The molecule has 29 heavy (non-hydrogen) atoms. The summed E-state index contributed by atoms with van der Waals surface area (Å²) in [5, 5.41) is 3.64. The molecule has 0 saturated carbocycles. The van der Waals surface area contributed by atoms with Crippen molar-refractivity contribution in [2.45, 2.75) is 18.9 Å². The topological polar surface area (TPSA) is 139 Å². The number of aryl methyl sites for hydroxylation is 2. The molecule has 3 aromatic heterocycles. The van der Waals surface area contributed by atoms with Crippen molar-refractivity contribution in [1.82, 2.24) is 23.5 Å². The molecule has 0 spiro atoms. The normalized spacial score (nSPS) is 12.4. The molecule has 0 aliphatic heterocycles. The molecule has 3 heterocycles. The lowest BCUT2D eigenvalue weighted by atomic mass is 10.3. The molecule has 156 valence electrons. The summed E-state index contributed by atoms with van der Waals surface area (Å²) in [5.41, 5.74) is 0.0516. The summed E-state index contributed by atoms with van der Waals surface area (Å²) in [5.74, 6) is -0.0641. The van der Waals surface area contributed by atoms with Gasteiger partial charge in [0.15, 0.2) is 5.03 Å². The lowest BCUT2D eigenvalue weighted by Crippen LogP contribution is -2.15. The van der Waals surface area contributed by atoms with E-state index in [1.807, 2.05) is 0 Å². The Hall–Kier alpha value is -3.00. The Morgan fingerprint density at radius 2 is 2.00 bits per heavy atom. The molecule has 0 bridgehead atoms. The van der Waals surface area contributed by atoms with Crippen LogP contribution in [0, 0.1) is 6.92 Å². The van der Waals surface area contributed by atoms with Crippen LogP contribution in [0.5, 0.6) is 11.8 Å². The average Bonchev–Trinajstić information content (AvgIpc) is 3.19. The molecular formula is C15H18N6O6S2. The van der Waals surface area contributed by atoms with E-state index in [9.17, 15) is 13.2 Å². The first-order valence-electron chi connectivity index (χ1n) is 8.22. The van der Waals surface area contributed by atoms with Crippen LogP contribution in [0.4, 0.5) is 0 Å². The number of methoxy groups -OCH3 is 2. The number of hydrogen-bond donors (Lipinski definition) is 0. The Bertz CT molecular complexity index is 1260. The van der Waals surface area contributed by atoms with Crippen molar-refractivity contribution >= 4 is 33.3 Å². The number of rotatable bonds is 6. The highest BCUT2D eigenvalue weighted by Crippen LogP contribution is 2.23. The molecular weight excluding hydrogens is 424 g/mol. The van der Waals surface area contributed by atoms with Gasteiger partial charge in [-0.3, -0.25) is 4.68 Å². The van der Waals surface area contributed by atoms with E-state index in [1.165, 1.54) is 38.0 Å². The van der Waals surface area contributed by atoms with E-state index in [0.29, 0.717) is 5.88 Å². The first-order valence-corrected chi connectivity index (χ1v) is 10.4. The van der Waals surface area contributed by atoms with Crippen molar-refractivity contribution < 1.29 is 27.4 Å². The van der Waals surface area contributed by atoms with Gasteiger partial charge >= 0.3 is 16.0 Å². The fourth-order valence-electron chi connectivity index (χ4n) is 2.58. The summed E-state index contributed by atoms with van der Waals surface area (Å²) in [6.07, 6.45) is 0. The molecule has 0 aliphatic carbocycles. The second kappa shape index (κ2) is 7.79. The fourth-order valence-corrected chi connectivity index (χ4v) is 4.87. The minimum atomic E-state index is -4.34. The number of nitrogens with zero attached hydrogens (tertiary/aromatic N) is 6. The van der Waals surface area contributed by atoms with E-state index >= 15 is 0 Å². The molecule has 0 unspecified atom stereocenters. The molecule has 0 N–H and O–H groups in total. The Morgan fingerprint density at radius 1 is 1.28 bits per heavy atom. The van der Waals surface area contributed by atoms with Gasteiger partial charge in [0.05, 0.1) is 32.6 Å². The van der Waals surface area contributed by atoms with Gasteiger partial charge in [0.1, 0.15) is 5.56 Å². The van der Waals surface area contributed by atoms with Crippen LogP contribution in [0.1, 0.15) is 23.0 Å². The van der Waals surface area contributed by atoms with Crippen LogP contribution in [-0.4, -0.2) is 58.8 Å². The molecule has 0 aliphatic rings. The average molecular weight is 442 g/mol. The monoisotopic (exact) mass is 442 g/mol. The van der Waals surface area contributed by atoms with E-state index < -0.39 is 16.0 Å². The van der Waals surface area contributed by atoms with Gasteiger partial charge in [0.2, 0.25) is 16.6 Å². The lowest BCUT2D eigenvalue weighted by molar-refractivity contribution is 0.0520. The third-order valence-electron chi connectivity index (χ3n) is 3.72. The number of fused-ring (bicyclic) bond motifs is 1. The predicted octanol–water partition coefficient (Wildman–Crippen LogP) is 0.316. The summed E-state index contributed by atoms with van der Waals surface area (Å²) in [4.78, 5) is 20.4. The Kier molecular flexibility index (Phi) is 5.57. The van der Waals surface area contributed by atoms with Crippen molar-refractivity contribution in [2.24, 2.45) is 11.4 Å². The molecule has 0 amide bonds. The van der Waals surface area contributed by atoms with Crippen LogP contribution < -0.4 is 14.3 Å². The van der Waals surface area contributed by atoms with Crippen molar-refractivity contribution in [3.05, 3.63) is 22.1 Å². The van der Waals surface area contributed by atoms with Gasteiger partial charge in [-0.2, -0.15) is 27.3 Å². The van der Waals surface area contributed by atoms with Crippen LogP contribution in [0.15, 0.2) is 15.5 Å². The van der Waals surface area contributed by atoms with E-state index in [1.54, 1.807) is 6.92 Å². The third-order valence-corrected chi connectivity index (χ3v) is 6.08. The van der Waals surface area contributed by atoms with Gasteiger partial charge in [-0.05, 0) is 25.4 Å². The van der Waals surface area contributed by atoms with Gasteiger partial charge in [0.25, 0.3) is 5.78 Å². The number of hydrogen-bond acceptors (Lipinski definition) is 10. The zero-order valence-corrected chi connectivity index (χ0v) is 17.9. The van der Waals surface area contributed by atoms with E-state index in [2.05, 4.69) is 19.5 Å². The van der Waals surface area contributed by atoms with Gasteiger partial charge in [-0.25, -0.2) is 4.79 Å². The Labute approximate surface area is 169 Å². The maximum absolute atomic E-state index is 13.0. The number of ether oxygens (including phenoxy) is 3. The Morgan fingerprint density at radius 3 is 2.62 bits per heavy atom. The molecule has 3 rings (SSSR count). The first-order chi connectivity index (χ1) is 13.7. The summed E-state index contributed by atoms with van der Waals surface area (Å²) in [7, 11) is -0.0617. The zero-order valence-electron chi connectivity index (χ0n) is 16.2. The number of sulfonamides is 1. The minimum Gasteiger partial charge on any atom is -0.481 e. The standard InChI is InChI=1S/C15H18N6O6S2/c1-6-27-13(22)11-8(2)18-20(3)12(11)29(23,24)19-15-17-14-16-9(25-4)7-10(26-5)21(14)28-15/h7H,6H2,1-5H3/b19-15+. The summed E-state index contributed by atoms with van der Waals surface area (Å²) in [6, 6.07) is 1.52. The summed E-state index contributed by atoms with van der Waals surface area (Å²) >= 11 is 0.897. The maximum atomic E-state index is 13.0. The summed E-state index contributed by atoms with van der Waals surface area (Å²) in [6.45, 7) is 3.22. The van der Waals surface area contributed by atoms with Crippen LogP contribution in [0.2, 0.25) is 0 Å². The van der Waals surface area contributed by atoms with Gasteiger partial charge in [-0.1, -0.05) is 0 Å². The van der Waals surface area contributed by atoms with Crippen LogP contribution in [0.3, 0.4) is 0 Å².